The molecule has 23 heavy (non-hydrogen) atoms. The molecule has 2 aliphatic rings. The highest BCUT2D eigenvalue weighted by Crippen LogP contribution is 2.44. The Balaban J connectivity index is 2.04. The van der Waals surface area contributed by atoms with Crippen LogP contribution in [0.2, 0.25) is 5.02 Å². The lowest BCUT2D eigenvalue weighted by Gasteiger charge is -2.29. The minimum Gasteiger partial charge on any atom is -0.487 e. The maximum Gasteiger partial charge on any atom is 0.311 e. The van der Waals surface area contributed by atoms with Crippen LogP contribution in [0, 0.1) is 11.7 Å². The second-order valence-electron chi connectivity index (χ2n) is 7.01. The highest BCUT2D eigenvalue weighted by atomic mass is 35.5. The standard InChI is InChI=1S/C17H21ClFNO3/c1-17(2)8-11-12(23-17)7-10(14(18)15(11)19)13(16(21)22)9-3-5-20-6-4-9/h7,9,13,20H,3-6,8H2,1-2H3,(H,21,22)/t13-/m1/s1. The van der Waals surface area contributed by atoms with Crippen LogP contribution in [0.4, 0.5) is 4.39 Å². The second kappa shape index (κ2) is 5.95. The Bertz CT molecular complexity index is 641. The molecule has 1 aromatic rings. The summed E-state index contributed by atoms with van der Waals surface area (Å²) in [7, 11) is 0. The van der Waals surface area contributed by atoms with Crippen LogP contribution in [0.1, 0.15) is 43.7 Å². The lowest BCUT2D eigenvalue weighted by atomic mass is 9.80. The number of carboxylic acids is 1. The first kappa shape index (κ1) is 16.5. The number of ether oxygens (including phenoxy) is 1. The van der Waals surface area contributed by atoms with Crippen molar-refractivity contribution >= 4 is 17.6 Å². The third-order valence-electron chi connectivity index (χ3n) is 4.74. The van der Waals surface area contributed by atoms with Crippen molar-refractivity contribution in [3.63, 3.8) is 0 Å². The van der Waals surface area contributed by atoms with Gasteiger partial charge in [0.1, 0.15) is 17.2 Å². The Morgan fingerprint density at radius 2 is 2.13 bits per heavy atom. The van der Waals surface area contributed by atoms with Crippen LogP contribution in [0.15, 0.2) is 6.07 Å². The van der Waals surface area contributed by atoms with Gasteiger partial charge in [-0.05, 0) is 57.3 Å². The number of rotatable bonds is 3. The molecule has 0 unspecified atom stereocenters. The van der Waals surface area contributed by atoms with Gasteiger partial charge in [-0.2, -0.15) is 0 Å². The fraction of sp³-hybridized carbons (Fsp3) is 0.588. The second-order valence-corrected chi connectivity index (χ2v) is 7.39. The van der Waals surface area contributed by atoms with E-state index >= 15 is 0 Å². The molecule has 6 heteroatoms. The Morgan fingerprint density at radius 1 is 1.48 bits per heavy atom. The zero-order valence-electron chi connectivity index (χ0n) is 13.3. The van der Waals surface area contributed by atoms with Crippen LogP contribution in [0.3, 0.4) is 0 Å². The quantitative estimate of drug-likeness (QED) is 0.885. The molecule has 1 fully saturated rings. The van der Waals surface area contributed by atoms with Crippen LogP contribution >= 0.6 is 11.6 Å². The summed E-state index contributed by atoms with van der Waals surface area (Å²) < 4.78 is 20.5. The number of aliphatic carboxylic acids is 1. The number of hydrogen-bond acceptors (Lipinski definition) is 3. The van der Waals surface area contributed by atoms with Gasteiger partial charge < -0.3 is 15.2 Å². The minimum absolute atomic E-state index is 0.0573. The van der Waals surface area contributed by atoms with Crippen LogP contribution in [0.5, 0.6) is 5.75 Å². The summed E-state index contributed by atoms with van der Waals surface area (Å²) >= 11 is 6.22. The number of fused-ring (bicyclic) bond motifs is 1. The van der Waals surface area contributed by atoms with Crippen LogP contribution in [0.25, 0.3) is 0 Å². The third kappa shape index (κ3) is 3.04. The number of piperidine rings is 1. The zero-order valence-corrected chi connectivity index (χ0v) is 14.0. The number of carboxylic acid groups (broad SMARTS) is 1. The monoisotopic (exact) mass is 341 g/mol. The van der Waals surface area contributed by atoms with Crippen molar-refractivity contribution in [2.75, 3.05) is 13.1 Å². The summed E-state index contributed by atoms with van der Waals surface area (Å²) in [6, 6.07) is 1.64. The van der Waals surface area contributed by atoms with E-state index in [9.17, 15) is 14.3 Å². The van der Waals surface area contributed by atoms with E-state index in [0.717, 1.165) is 25.9 Å². The molecule has 0 bridgehead atoms. The van der Waals surface area contributed by atoms with Gasteiger partial charge in [0.05, 0.1) is 10.9 Å². The summed E-state index contributed by atoms with van der Waals surface area (Å²) in [6.45, 7) is 5.29. The molecule has 2 N–H and O–H groups in total. The zero-order chi connectivity index (χ0) is 16.8. The Hall–Kier alpha value is -1.33. The van der Waals surface area contributed by atoms with E-state index in [2.05, 4.69) is 5.32 Å². The van der Waals surface area contributed by atoms with Crippen molar-refractivity contribution in [2.45, 2.75) is 44.6 Å². The topological polar surface area (TPSA) is 58.6 Å². The van der Waals surface area contributed by atoms with Crippen molar-refractivity contribution in [3.05, 3.63) is 28.0 Å². The lowest BCUT2D eigenvalue weighted by molar-refractivity contribution is -0.140. The predicted octanol–water partition coefficient (Wildman–Crippen LogP) is 3.36. The van der Waals surface area contributed by atoms with Crippen molar-refractivity contribution in [3.8, 4) is 5.75 Å². The molecule has 0 aliphatic carbocycles. The smallest absolute Gasteiger partial charge is 0.311 e. The molecule has 0 amide bonds. The molecule has 0 radical (unpaired) electrons. The largest absolute Gasteiger partial charge is 0.487 e. The predicted molar refractivity (Wildman–Crippen MR) is 85.8 cm³/mol. The summed E-state index contributed by atoms with van der Waals surface area (Å²) in [5.74, 6) is -1.94. The molecule has 0 aromatic heterocycles. The van der Waals surface area contributed by atoms with E-state index in [1.54, 1.807) is 6.07 Å². The number of benzene rings is 1. The minimum atomic E-state index is -0.963. The van der Waals surface area contributed by atoms with Crippen LogP contribution in [-0.4, -0.2) is 29.8 Å². The van der Waals surface area contributed by atoms with Crippen molar-refractivity contribution < 1.29 is 19.0 Å². The molecule has 3 rings (SSSR count). The van der Waals surface area contributed by atoms with Gasteiger partial charge in [0.25, 0.3) is 0 Å². The van der Waals surface area contributed by atoms with Crippen molar-refractivity contribution in [2.24, 2.45) is 5.92 Å². The van der Waals surface area contributed by atoms with Gasteiger partial charge in [0.15, 0.2) is 0 Å². The summed E-state index contributed by atoms with van der Waals surface area (Å²) in [6.07, 6.45) is 1.90. The number of carbonyl (C=O) groups is 1. The molecule has 1 saturated heterocycles. The van der Waals surface area contributed by atoms with E-state index in [0.29, 0.717) is 23.3 Å². The van der Waals surface area contributed by atoms with Gasteiger partial charge in [-0.15, -0.1) is 0 Å². The number of hydrogen-bond donors (Lipinski definition) is 2. The summed E-state index contributed by atoms with van der Waals surface area (Å²) in [5.41, 5.74) is 0.275. The molecular weight excluding hydrogens is 321 g/mol. The highest BCUT2D eigenvalue weighted by Gasteiger charge is 2.38. The maximum absolute atomic E-state index is 14.7. The Morgan fingerprint density at radius 3 is 2.74 bits per heavy atom. The maximum atomic E-state index is 14.7. The molecule has 4 nitrogen and oxygen atoms in total. The fourth-order valence-electron chi connectivity index (χ4n) is 3.67. The first-order chi connectivity index (χ1) is 10.8. The average Bonchev–Trinajstić information content (AvgIpc) is 2.80. The normalized spacial score (nSPS) is 21.6. The fourth-order valence-corrected chi connectivity index (χ4v) is 3.95. The molecule has 1 aromatic carbocycles. The van der Waals surface area contributed by atoms with Gasteiger partial charge in [0, 0.05) is 12.0 Å². The van der Waals surface area contributed by atoms with Gasteiger partial charge in [0.2, 0.25) is 0 Å². The molecule has 2 aliphatic heterocycles. The first-order valence-corrected chi connectivity index (χ1v) is 8.31. The van der Waals surface area contributed by atoms with Gasteiger partial charge in [-0.3, -0.25) is 4.79 Å². The van der Waals surface area contributed by atoms with E-state index in [4.69, 9.17) is 16.3 Å². The molecule has 126 valence electrons. The number of nitrogens with one attached hydrogen (secondary N) is 1. The van der Waals surface area contributed by atoms with Crippen LogP contribution in [-0.2, 0) is 11.2 Å². The van der Waals surface area contributed by atoms with Gasteiger partial charge in [-0.25, -0.2) is 4.39 Å². The molecule has 0 saturated carbocycles. The van der Waals surface area contributed by atoms with Crippen LogP contribution < -0.4 is 10.1 Å². The molecule has 0 spiro atoms. The lowest BCUT2D eigenvalue weighted by Crippen LogP contribution is -2.33. The third-order valence-corrected chi connectivity index (χ3v) is 5.12. The van der Waals surface area contributed by atoms with Crippen molar-refractivity contribution in [1.29, 1.82) is 0 Å². The SMILES string of the molecule is CC1(C)Cc2c(cc([C@H](C(=O)O)C3CCNCC3)c(Cl)c2F)O1. The average molecular weight is 342 g/mol. The highest BCUT2D eigenvalue weighted by molar-refractivity contribution is 6.32. The van der Waals surface area contributed by atoms with E-state index in [1.165, 1.54) is 0 Å². The molecule has 1 atom stereocenters. The molecular formula is C17H21ClFNO3. The molecule has 2 heterocycles. The van der Waals surface area contributed by atoms with Gasteiger partial charge in [-0.1, -0.05) is 11.6 Å². The first-order valence-electron chi connectivity index (χ1n) is 7.93. The Labute approximate surface area is 140 Å². The van der Waals surface area contributed by atoms with E-state index in [1.807, 2.05) is 13.8 Å². The summed E-state index contributed by atoms with van der Waals surface area (Å²) in [4.78, 5) is 11.8. The van der Waals surface area contributed by atoms with E-state index < -0.39 is 23.3 Å². The summed E-state index contributed by atoms with van der Waals surface area (Å²) in [5, 5.41) is 12.8. The van der Waals surface area contributed by atoms with E-state index in [-0.39, 0.29) is 10.9 Å². The van der Waals surface area contributed by atoms with Crippen molar-refractivity contribution in [1.82, 2.24) is 5.32 Å². The van der Waals surface area contributed by atoms with Gasteiger partial charge >= 0.3 is 5.97 Å². The number of halogens is 2. The Kier molecular flexibility index (Phi) is 4.27.